The van der Waals surface area contributed by atoms with Gasteiger partial charge in [-0.2, -0.15) is 5.26 Å². The Labute approximate surface area is 98.0 Å². The summed E-state index contributed by atoms with van der Waals surface area (Å²) in [5, 5.41) is 11.5. The van der Waals surface area contributed by atoms with Crippen LogP contribution in [0.1, 0.15) is 48.0 Å². The van der Waals surface area contributed by atoms with Crippen molar-refractivity contribution in [2.75, 3.05) is 0 Å². The number of amides is 1. The zero-order valence-electron chi connectivity index (χ0n) is 11.0. The molecule has 0 saturated carbocycles. The van der Waals surface area contributed by atoms with E-state index in [-0.39, 0.29) is 5.41 Å². The van der Waals surface area contributed by atoms with Gasteiger partial charge in [-0.1, -0.05) is 20.8 Å². The van der Waals surface area contributed by atoms with E-state index in [1.54, 1.807) is 20.8 Å². The number of rotatable bonds is 2. The van der Waals surface area contributed by atoms with Crippen LogP contribution in [0.15, 0.2) is 0 Å². The number of ether oxygens (including phenoxy) is 1. The Morgan fingerprint density at radius 3 is 2.12 bits per heavy atom. The predicted octanol–water partition coefficient (Wildman–Crippen LogP) is 2.84. The van der Waals surface area contributed by atoms with Crippen molar-refractivity contribution in [3.05, 3.63) is 0 Å². The quantitative estimate of drug-likeness (QED) is 0.787. The maximum absolute atomic E-state index is 11.4. The molecule has 0 unspecified atom stereocenters. The second-order valence-electron chi connectivity index (χ2n) is 6.09. The van der Waals surface area contributed by atoms with Crippen molar-refractivity contribution in [1.29, 1.82) is 5.26 Å². The number of alkyl carbamates (subject to hydrolysis) is 1. The van der Waals surface area contributed by atoms with Crippen molar-refractivity contribution in [3.63, 3.8) is 0 Å². The minimum atomic E-state index is -0.539. The number of hydrogen-bond donors (Lipinski definition) is 1. The van der Waals surface area contributed by atoms with Crippen molar-refractivity contribution >= 4 is 6.09 Å². The van der Waals surface area contributed by atoms with Crippen LogP contribution in [0, 0.1) is 16.7 Å². The first-order chi connectivity index (χ1) is 7.03. The summed E-state index contributed by atoms with van der Waals surface area (Å²) in [4.78, 5) is 11.4. The fourth-order valence-electron chi connectivity index (χ4n) is 1.19. The van der Waals surface area contributed by atoms with Crippen LogP contribution in [0.5, 0.6) is 0 Å². The molecular weight excluding hydrogens is 204 g/mol. The molecule has 0 heterocycles. The van der Waals surface area contributed by atoms with Crippen LogP contribution in [0.25, 0.3) is 0 Å². The predicted molar refractivity (Wildman–Crippen MR) is 62.8 cm³/mol. The summed E-state index contributed by atoms with van der Waals surface area (Å²) in [7, 11) is 0. The van der Waals surface area contributed by atoms with E-state index >= 15 is 0 Å². The molecule has 0 spiro atoms. The van der Waals surface area contributed by atoms with E-state index in [1.807, 2.05) is 20.8 Å². The monoisotopic (exact) mass is 226 g/mol. The number of nitrogens with one attached hydrogen (secondary N) is 1. The largest absolute Gasteiger partial charge is 0.444 e. The lowest BCUT2D eigenvalue weighted by atomic mass is 9.88. The first-order valence-electron chi connectivity index (χ1n) is 5.43. The van der Waals surface area contributed by atoms with E-state index in [9.17, 15) is 4.79 Å². The summed E-state index contributed by atoms with van der Waals surface area (Å²) < 4.78 is 5.08. The van der Waals surface area contributed by atoms with Gasteiger partial charge in [0.1, 0.15) is 11.6 Å². The molecule has 1 atom stereocenters. The molecule has 4 nitrogen and oxygen atoms in total. The molecule has 0 aromatic carbocycles. The third-order valence-corrected chi connectivity index (χ3v) is 1.66. The molecule has 16 heavy (non-hydrogen) atoms. The minimum Gasteiger partial charge on any atom is -0.444 e. The Kier molecular flexibility index (Phi) is 4.80. The van der Waals surface area contributed by atoms with Gasteiger partial charge >= 0.3 is 6.09 Å². The highest BCUT2D eigenvalue weighted by Crippen LogP contribution is 2.20. The van der Waals surface area contributed by atoms with Crippen molar-refractivity contribution in [2.24, 2.45) is 5.41 Å². The van der Waals surface area contributed by atoms with E-state index in [2.05, 4.69) is 11.4 Å². The van der Waals surface area contributed by atoms with Crippen LogP contribution < -0.4 is 5.32 Å². The van der Waals surface area contributed by atoms with Crippen LogP contribution in [0.3, 0.4) is 0 Å². The van der Waals surface area contributed by atoms with Crippen molar-refractivity contribution in [1.82, 2.24) is 5.32 Å². The Hall–Kier alpha value is -1.24. The summed E-state index contributed by atoms with van der Waals surface area (Å²) in [5.41, 5.74) is -0.540. The van der Waals surface area contributed by atoms with Crippen LogP contribution in [0.4, 0.5) is 4.79 Å². The topological polar surface area (TPSA) is 62.1 Å². The molecule has 0 bridgehead atoms. The van der Waals surface area contributed by atoms with Crippen molar-refractivity contribution in [2.45, 2.75) is 59.6 Å². The molecule has 0 aromatic rings. The zero-order valence-corrected chi connectivity index (χ0v) is 11.0. The van der Waals surface area contributed by atoms with Crippen molar-refractivity contribution in [3.8, 4) is 6.07 Å². The molecule has 1 amide bonds. The highest BCUT2D eigenvalue weighted by Gasteiger charge is 2.23. The minimum absolute atomic E-state index is 0.00455. The Morgan fingerprint density at radius 1 is 1.31 bits per heavy atom. The average molecular weight is 226 g/mol. The lowest BCUT2D eigenvalue weighted by Gasteiger charge is -2.24. The van der Waals surface area contributed by atoms with Gasteiger partial charge < -0.3 is 10.1 Å². The molecule has 0 radical (unpaired) electrons. The fraction of sp³-hybridized carbons (Fsp3) is 0.833. The molecule has 0 rings (SSSR count). The molecule has 0 aromatic heterocycles. The molecular formula is C12H22N2O2. The first-order valence-corrected chi connectivity index (χ1v) is 5.43. The van der Waals surface area contributed by atoms with Crippen LogP contribution >= 0.6 is 0 Å². The number of nitrogens with zero attached hydrogens (tertiary/aromatic N) is 1. The fourth-order valence-corrected chi connectivity index (χ4v) is 1.19. The van der Waals surface area contributed by atoms with Gasteiger partial charge in [-0.15, -0.1) is 0 Å². The van der Waals surface area contributed by atoms with E-state index in [4.69, 9.17) is 10.00 Å². The van der Waals surface area contributed by atoms with Gasteiger partial charge in [0.2, 0.25) is 0 Å². The van der Waals surface area contributed by atoms with Crippen LogP contribution in [0.2, 0.25) is 0 Å². The van der Waals surface area contributed by atoms with E-state index < -0.39 is 17.7 Å². The SMILES string of the molecule is CC(C)(C)C[C@@H](C#N)NC(=O)OC(C)(C)C. The van der Waals surface area contributed by atoms with Crippen LogP contribution in [-0.2, 0) is 4.74 Å². The second-order valence-corrected chi connectivity index (χ2v) is 6.09. The van der Waals surface area contributed by atoms with E-state index in [1.165, 1.54) is 0 Å². The number of nitriles is 1. The van der Waals surface area contributed by atoms with Crippen LogP contribution in [-0.4, -0.2) is 17.7 Å². The van der Waals surface area contributed by atoms with E-state index in [0.717, 1.165) is 0 Å². The third-order valence-electron chi connectivity index (χ3n) is 1.66. The molecule has 0 aliphatic heterocycles. The molecule has 0 aliphatic carbocycles. The Balaban J connectivity index is 4.25. The number of carbonyl (C=O) groups is 1. The summed E-state index contributed by atoms with van der Waals surface area (Å²) in [6, 6.07) is 1.56. The number of hydrogen-bond acceptors (Lipinski definition) is 3. The molecule has 4 heteroatoms. The first kappa shape index (κ1) is 14.8. The zero-order chi connectivity index (χ0) is 13.0. The summed E-state index contributed by atoms with van der Waals surface area (Å²) in [5.74, 6) is 0. The Morgan fingerprint density at radius 2 is 1.81 bits per heavy atom. The summed E-state index contributed by atoms with van der Waals surface area (Å²) >= 11 is 0. The van der Waals surface area contributed by atoms with Gasteiger partial charge in [0.05, 0.1) is 6.07 Å². The smallest absolute Gasteiger partial charge is 0.408 e. The van der Waals surface area contributed by atoms with Gasteiger partial charge in [-0.05, 0) is 32.6 Å². The van der Waals surface area contributed by atoms with Gasteiger partial charge in [0, 0.05) is 0 Å². The lowest BCUT2D eigenvalue weighted by molar-refractivity contribution is 0.0507. The summed E-state index contributed by atoms with van der Waals surface area (Å²) in [6.45, 7) is 11.4. The van der Waals surface area contributed by atoms with Gasteiger partial charge in [0.15, 0.2) is 0 Å². The molecule has 0 fully saturated rings. The molecule has 0 aliphatic rings. The highest BCUT2D eigenvalue weighted by atomic mass is 16.6. The molecule has 92 valence electrons. The highest BCUT2D eigenvalue weighted by molar-refractivity contribution is 5.68. The average Bonchev–Trinajstić information content (AvgIpc) is 1.96. The van der Waals surface area contributed by atoms with E-state index in [0.29, 0.717) is 6.42 Å². The second kappa shape index (κ2) is 5.20. The standard InChI is InChI=1S/C12H22N2O2/c1-11(2,3)7-9(8-13)14-10(15)16-12(4,5)6/h9H,7H2,1-6H3,(H,14,15)/t9-/m0/s1. The maximum atomic E-state index is 11.4. The normalized spacial score (nSPS) is 13.8. The lowest BCUT2D eigenvalue weighted by Crippen LogP contribution is -2.40. The van der Waals surface area contributed by atoms with Gasteiger partial charge in [-0.3, -0.25) is 0 Å². The van der Waals surface area contributed by atoms with Gasteiger partial charge in [0.25, 0.3) is 0 Å². The molecule has 1 N–H and O–H groups in total. The van der Waals surface area contributed by atoms with Crippen molar-refractivity contribution < 1.29 is 9.53 Å². The number of carbonyl (C=O) groups excluding carboxylic acids is 1. The molecule has 0 saturated heterocycles. The Bertz CT molecular complexity index is 279. The third kappa shape index (κ3) is 8.10. The summed E-state index contributed by atoms with van der Waals surface area (Å²) in [6.07, 6.45) is 0.0613. The maximum Gasteiger partial charge on any atom is 0.408 e. The van der Waals surface area contributed by atoms with Gasteiger partial charge in [-0.25, -0.2) is 4.79 Å².